The van der Waals surface area contributed by atoms with Crippen LogP contribution in [0.3, 0.4) is 0 Å². The van der Waals surface area contributed by atoms with Crippen molar-refractivity contribution >= 4 is 12.0 Å². The van der Waals surface area contributed by atoms with Crippen LogP contribution in [0.2, 0.25) is 0 Å². The van der Waals surface area contributed by atoms with Gasteiger partial charge in [-0.25, -0.2) is 0 Å². The van der Waals surface area contributed by atoms with E-state index in [1.165, 1.54) is 0 Å². The number of rotatable bonds is 5. The van der Waals surface area contributed by atoms with Crippen LogP contribution in [0.5, 0.6) is 0 Å². The van der Waals surface area contributed by atoms with Crippen molar-refractivity contribution < 1.29 is 4.79 Å². The van der Waals surface area contributed by atoms with Crippen molar-refractivity contribution in [1.29, 1.82) is 5.26 Å². The fraction of sp³-hybridized carbons (Fsp3) is 0.286. The second-order valence-electron chi connectivity index (χ2n) is 4.18. The zero-order valence-electron chi connectivity index (χ0n) is 9.60. The predicted octanol–water partition coefficient (Wildman–Crippen LogP) is 2.53. The highest BCUT2D eigenvalue weighted by atomic mass is 16.1. The zero-order valence-corrected chi connectivity index (χ0v) is 9.60. The molecule has 2 rings (SSSR count). The molecule has 1 aliphatic carbocycles. The molecule has 3 nitrogen and oxygen atoms in total. The van der Waals surface area contributed by atoms with E-state index in [-0.39, 0.29) is 0 Å². The Hall–Kier alpha value is -2.08. The molecule has 1 aromatic carbocycles. The quantitative estimate of drug-likeness (QED) is 0.572. The Bertz CT molecular complexity index is 483. The Morgan fingerprint density at radius 2 is 2.29 bits per heavy atom. The number of nitriles is 1. The van der Waals surface area contributed by atoms with Gasteiger partial charge in [0.1, 0.15) is 12.4 Å². The van der Waals surface area contributed by atoms with Crippen molar-refractivity contribution in [2.24, 2.45) is 0 Å². The van der Waals surface area contributed by atoms with E-state index in [0.717, 1.165) is 31.4 Å². The Labute approximate surface area is 101 Å². The third kappa shape index (κ3) is 2.36. The van der Waals surface area contributed by atoms with E-state index in [1.807, 2.05) is 12.1 Å². The minimum absolute atomic E-state index is 0.516. The number of hydrogen-bond donors (Lipinski definition) is 0. The molecule has 0 unspecified atom stereocenters. The number of hydrogen-bond acceptors (Lipinski definition) is 3. The Balaban J connectivity index is 2.38. The monoisotopic (exact) mass is 226 g/mol. The second kappa shape index (κ2) is 4.84. The van der Waals surface area contributed by atoms with E-state index in [0.29, 0.717) is 17.2 Å². The first-order valence-electron chi connectivity index (χ1n) is 5.67. The van der Waals surface area contributed by atoms with Crippen LogP contribution in [0.1, 0.15) is 28.8 Å². The lowest BCUT2D eigenvalue weighted by atomic mass is 10.1. The standard InChI is InChI=1S/C14H14N2O/c1-2-7-16(13-4-5-13)14-6-3-11(10-17)8-12(14)9-15/h2-3,6,8,10,13H,1,4-5,7H2. The summed E-state index contributed by atoms with van der Waals surface area (Å²) in [6, 6.07) is 7.92. The normalized spacial score (nSPS) is 13.8. The molecule has 0 aromatic heterocycles. The molecule has 1 fully saturated rings. The fourth-order valence-corrected chi connectivity index (χ4v) is 1.94. The lowest BCUT2D eigenvalue weighted by Gasteiger charge is -2.24. The van der Waals surface area contributed by atoms with Gasteiger partial charge in [0.15, 0.2) is 0 Å². The van der Waals surface area contributed by atoms with Crippen LogP contribution in [-0.4, -0.2) is 18.9 Å². The maximum Gasteiger partial charge on any atom is 0.150 e. The highest BCUT2D eigenvalue weighted by Gasteiger charge is 2.29. The number of carbonyl (C=O) groups excluding carboxylic acids is 1. The van der Waals surface area contributed by atoms with Crippen LogP contribution >= 0.6 is 0 Å². The van der Waals surface area contributed by atoms with Crippen LogP contribution in [0.15, 0.2) is 30.9 Å². The van der Waals surface area contributed by atoms with Gasteiger partial charge in [-0.3, -0.25) is 4.79 Å². The molecule has 0 radical (unpaired) electrons. The minimum atomic E-state index is 0.516. The third-order valence-electron chi connectivity index (χ3n) is 2.90. The molecule has 1 aliphatic rings. The summed E-state index contributed by atoms with van der Waals surface area (Å²) >= 11 is 0. The average molecular weight is 226 g/mol. The van der Waals surface area contributed by atoms with Gasteiger partial charge in [0.2, 0.25) is 0 Å². The molecule has 0 amide bonds. The second-order valence-corrected chi connectivity index (χ2v) is 4.18. The lowest BCUT2D eigenvalue weighted by molar-refractivity contribution is 0.112. The van der Waals surface area contributed by atoms with Gasteiger partial charge >= 0.3 is 0 Å². The first kappa shape index (κ1) is 11.4. The summed E-state index contributed by atoms with van der Waals surface area (Å²) in [4.78, 5) is 12.9. The van der Waals surface area contributed by atoms with Crippen LogP contribution < -0.4 is 4.90 Å². The Morgan fingerprint density at radius 1 is 1.53 bits per heavy atom. The Morgan fingerprint density at radius 3 is 2.82 bits per heavy atom. The molecule has 0 bridgehead atoms. The number of benzene rings is 1. The minimum Gasteiger partial charge on any atom is -0.364 e. The summed E-state index contributed by atoms with van der Waals surface area (Å²) < 4.78 is 0. The van der Waals surface area contributed by atoms with Crippen molar-refractivity contribution in [1.82, 2.24) is 0 Å². The smallest absolute Gasteiger partial charge is 0.150 e. The molecule has 1 aromatic rings. The summed E-state index contributed by atoms with van der Waals surface area (Å²) in [5, 5.41) is 9.14. The summed E-state index contributed by atoms with van der Waals surface area (Å²) in [7, 11) is 0. The van der Waals surface area contributed by atoms with Gasteiger partial charge in [-0.2, -0.15) is 5.26 Å². The molecule has 3 heteroatoms. The molecule has 0 saturated heterocycles. The summed E-state index contributed by atoms with van der Waals surface area (Å²) in [6.45, 7) is 4.48. The van der Waals surface area contributed by atoms with E-state index in [2.05, 4.69) is 17.5 Å². The van der Waals surface area contributed by atoms with Gasteiger partial charge in [-0.15, -0.1) is 6.58 Å². The van der Waals surface area contributed by atoms with Gasteiger partial charge in [0.05, 0.1) is 11.3 Å². The van der Waals surface area contributed by atoms with Crippen LogP contribution in [0.25, 0.3) is 0 Å². The SMILES string of the molecule is C=CCN(c1ccc(C=O)cc1C#N)C1CC1. The van der Waals surface area contributed by atoms with Crippen molar-refractivity contribution in [2.75, 3.05) is 11.4 Å². The lowest BCUT2D eigenvalue weighted by Crippen LogP contribution is -2.26. The number of anilines is 1. The molecule has 0 spiro atoms. The van der Waals surface area contributed by atoms with Gasteiger partial charge in [-0.1, -0.05) is 6.08 Å². The van der Waals surface area contributed by atoms with Crippen LogP contribution in [0.4, 0.5) is 5.69 Å². The van der Waals surface area contributed by atoms with E-state index in [1.54, 1.807) is 12.1 Å². The molecule has 0 N–H and O–H groups in total. The first-order valence-corrected chi connectivity index (χ1v) is 5.67. The number of carbonyl (C=O) groups is 1. The average Bonchev–Trinajstić information content (AvgIpc) is 3.19. The molecule has 0 heterocycles. The zero-order chi connectivity index (χ0) is 12.3. The molecule has 17 heavy (non-hydrogen) atoms. The molecule has 0 atom stereocenters. The largest absolute Gasteiger partial charge is 0.364 e. The number of aldehydes is 1. The molecule has 0 aliphatic heterocycles. The van der Waals surface area contributed by atoms with Crippen LogP contribution in [0, 0.1) is 11.3 Å². The highest BCUT2D eigenvalue weighted by molar-refractivity contribution is 5.78. The van der Waals surface area contributed by atoms with Crippen molar-refractivity contribution in [3.8, 4) is 6.07 Å². The number of nitrogens with zero attached hydrogens (tertiary/aromatic N) is 2. The van der Waals surface area contributed by atoms with Gasteiger partial charge in [0.25, 0.3) is 0 Å². The van der Waals surface area contributed by atoms with Gasteiger partial charge in [-0.05, 0) is 31.0 Å². The van der Waals surface area contributed by atoms with Crippen molar-refractivity contribution in [3.63, 3.8) is 0 Å². The van der Waals surface area contributed by atoms with Crippen molar-refractivity contribution in [2.45, 2.75) is 18.9 Å². The van der Waals surface area contributed by atoms with Gasteiger partial charge < -0.3 is 4.90 Å². The topological polar surface area (TPSA) is 44.1 Å². The molecule has 86 valence electrons. The molecular weight excluding hydrogens is 212 g/mol. The highest BCUT2D eigenvalue weighted by Crippen LogP contribution is 2.33. The first-order chi connectivity index (χ1) is 8.30. The summed E-state index contributed by atoms with van der Waals surface area (Å²) in [5.41, 5.74) is 2.00. The van der Waals surface area contributed by atoms with Crippen molar-refractivity contribution in [3.05, 3.63) is 42.0 Å². The van der Waals surface area contributed by atoms with Gasteiger partial charge in [0, 0.05) is 18.2 Å². The van der Waals surface area contributed by atoms with Crippen LogP contribution in [-0.2, 0) is 0 Å². The predicted molar refractivity (Wildman–Crippen MR) is 67.1 cm³/mol. The molecular formula is C14H14N2O. The third-order valence-corrected chi connectivity index (χ3v) is 2.90. The Kier molecular flexibility index (Phi) is 3.24. The summed E-state index contributed by atoms with van der Waals surface area (Å²) in [5.74, 6) is 0. The maximum absolute atomic E-state index is 10.7. The fourth-order valence-electron chi connectivity index (χ4n) is 1.94. The summed E-state index contributed by atoms with van der Waals surface area (Å²) in [6.07, 6.45) is 4.93. The van der Waals surface area contributed by atoms with E-state index in [9.17, 15) is 4.79 Å². The van der Waals surface area contributed by atoms with E-state index in [4.69, 9.17) is 5.26 Å². The van der Waals surface area contributed by atoms with E-state index < -0.39 is 0 Å². The molecule has 1 saturated carbocycles. The maximum atomic E-state index is 10.7. The van der Waals surface area contributed by atoms with E-state index >= 15 is 0 Å².